The van der Waals surface area contributed by atoms with Crippen LogP contribution in [0.3, 0.4) is 0 Å². The fourth-order valence-electron chi connectivity index (χ4n) is 2.06. The van der Waals surface area contributed by atoms with E-state index in [0.717, 1.165) is 5.56 Å². The zero-order chi connectivity index (χ0) is 13.5. The molecule has 5 heteroatoms. The summed E-state index contributed by atoms with van der Waals surface area (Å²) in [6.45, 7) is 2.86. The molecule has 1 amide bonds. The number of rotatable bonds is 5. The molecular weight excluding hydrogens is 244 g/mol. The molecule has 0 bridgehead atoms. The van der Waals surface area contributed by atoms with Gasteiger partial charge < -0.3 is 20.1 Å². The molecule has 5 nitrogen and oxygen atoms in total. The zero-order valence-corrected chi connectivity index (χ0v) is 11.0. The standard InChI is InChI=1S/C14H20N2O3/c15-6-7-16(10-12-4-2-1-3-5-12)14(17)13-11-18-8-9-19-13/h1-5,13H,6-11,15H2. The molecule has 1 unspecified atom stereocenters. The lowest BCUT2D eigenvalue weighted by molar-refractivity contribution is -0.158. The van der Waals surface area contributed by atoms with Crippen LogP contribution in [0.2, 0.25) is 0 Å². The van der Waals surface area contributed by atoms with Crippen molar-refractivity contribution < 1.29 is 14.3 Å². The SMILES string of the molecule is NCCN(Cc1ccccc1)C(=O)C1COCCO1. The summed E-state index contributed by atoms with van der Waals surface area (Å²) >= 11 is 0. The third kappa shape index (κ3) is 4.02. The molecule has 1 aliphatic heterocycles. The van der Waals surface area contributed by atoms with Crippen LogP contribution >= 0.6 is 0 Å². The fraction of sp³-hybridized carbons (Fsp3) is 0.500. The highest BCUT2D eigenvalue weighted by Gasteiger charge is 2.27. The number of benzene rings is 1. The minimum Gasteiger partial charge on any atom is -0.376 e. The van der Waals surface area contributed by atoms with Gasteiger partial charge >= 0.3 is 0 Å². The highest BCUT2D eigenvalue weighted by molar-refractivity contribution is 5.81. The van der Waals surface area contributed by atoms with Crippen LogP contribution in [0, 0.1) is 0 Å². The van der Waals surface area contributed by atoms with Gasteiger partial charge in [0.05, 0.1) is 19.8 Å². The highest BCUT2D eigenvalue weighted by atomic mass is 16.6. The maximum atomic E-state index is 12.4. The van der Waals surface area contributed by atoms with Crippen LogP contribution in [0.25, 0.3) is 0 Å². The van der Waals surface area contributed by atoms with Crippen molar-refractivity contribution in [3.63, 3.8) is 0 Å². The molecule has 0 aromatic heterocycles. The van der Waals surface area contributed by atoms with Crippen molar-refractivity contribution in [1.82, 2.24) is 4.90 Å². The Bertz CT molecular complexity index is 391. The summed E-state index contributed by atoms with van der Waals surface area (Å²) in [6.07, 6.45) is -0.496. The van der Waals surface area contributed by atoms with Gasteiger partial charge in [-0.1, -0.05) is 30.3 Å². The van der Waals surface area contributed by atoms with Crippen molar-refractivity contribution in [3.05, 3.63) is 35.9 Å². The Labute approximate surface area is 113 Å². The van der Waals surface area contributed by atoms with Gasteiger partial charge in [-0.2, -0.15) is 0 Å². The van der Waals surface area contributed by atoms with Gasteiger partial charge in [-0.05, 0) is 5.56 Å². The lowest BCUT2D eigenvalue weighted by Crippen LogP contribution is -2.46. The van der Waals surface area contributed by atoms with Crippen molar-refractivity contribution in [2.75, 3.05) is 32.9 Å². The van der Waals surface area contributed by atoms with Gasteiger partial charge in [0.15, 0.2) is 6.10 Å². The van der Waals surface area contributed by atoms with Gasteiger partial charge in [-0.3, -0.25) is 4.79 Å². The van der Waals surface area contributed by atoms with Crippen molar-refractivity contribution in [2.45, 2.75) is 12.6 Å². The minimum absolute atomic E-state index is 0.0472. The second kappa shape index (κ2) is 7.23. The monoisotopic (exact) mass is 264 g/mol. The molecule has 1 atom stereocenters. The first-order valence-corrected chi connectivity index (χ1v) is 6.53. The molecular formula is C14H20N2O3. The van der Waals surface area contributed by atoms with Crippen molar-refractivity contribution >= 4 is 5.91 Å². The fourth-order valence-corrected chi connectivity index (χ4v) is 2.06. The number of hydrogen-bond acceptors (Lipinski definition) is 4. The summed E-state index contributed by atoms with van der Waals surface area (Å²) in [7, 11) is 0. The molecule has 19 heavy (non-hydrogen) atoms. The molecule has 1 aromatic rings. The Morgan fingerprint density at radius 3 is 2.74 bits per heavy atom. The zero-order valence-electron chi connectivity index (χ0n) is 11.0. The molecule has 1 saturated heterocycles. The summed E-state index contributed by atoms with van der Waals surface area (Å²) in [5.74, 6) is -0.0472. The molecule has 1 aromatic carbocycles. The Morgan fingerprint density at radius 1 is 1.32 bits per heavy atom. The number of carbonyl (C=O) groups excluding carboxylic acids is 1. The molecule has 0 aliphatic carbocycles. The first-order valence-electron chi connectivity index (χ1n) is 6.53. The van der Waals surface area contributed by atoms with E-state index in [1.165, 1.54) is 0 Å². The largest absolute Gasteiger partial charge is 0.376 e. The Kier molecular flexibility index (Phi) is 5.32. The predicted octanol–water partition coefficient (Wildman–Crippen LogP) is 0.389. The molecule has 1 aliphatic rings. The number of ether oxygens (including phenoxy) is 2. The van der Waals surface area contributed by atoms with E-state index >= 15 is 0 Å². The topological polar surface area (TPSA) is 64.8 Å². The van der Waals surface area contributed by atoms with Crippen molar-refractivity contribution in [1.29, 1.82) is 0 Å². The van der Waals surface area contributed by atoms with E-state index in [1.807, 2.05) is 30.3 Å². The smallest absolute Gasteiger partial charge is 0.254 e. The normalized spacial score (nSPS) is 19.1. The average molecular weight is 264 g/mol. The molecule has 1 heterocycles. The summed E-state index contributed by atoms with van der Waals surface area (Å²) in [5, 5.41) is 0. The number of nitrogens with two attached hydrogens (primary N) is 1. The van der Waals surface area contributed by atoms with Crippen LogP contribution in [0.4, 0.5) is 0 Å². The maximum absolute atomic E-state index is 12.4. The Balaban J connectivity index is 2.00. The van der Waals surface area contributed by atoms with Gasteiger partial charge in [0.2, 0.25) is 0 Å². The molecule has 0 saturated carbocycles. The van der Waals surface area contributed by atoms with E-state index in [9.17, 15) is 4.79 Å². The number of hydrogen-bond donors (Lipinski definition) is 1. The predicted molar refractivity (Wildman–Crippen MR) is 71.5 cm³/mol. The van der Waals surface area contributed by atoms with Crippen LogP contribution in [-0.2, 0) is 20.8 Å². The van der Waals surface area contributed by atoms with Crippen molar-refractivity contribution in [2.24, 2.45) is 5.73 Å². The summed E-state index contributed by atoms with van der Waals surface area (Å²) in [5.41, 5.74) is 6.67. The van der Waals surface area contributed by atoms with E-state index < -0.39 is 6.10 Å². The van der Waals surface area contributed by atoms with Crippen LogP contribution in [-0.4, -0.2) is 49.8 Å². The quantitative estimate of drug-likeness (QED) is 0.835. The number of amides is 1. The van der Waals surface area contributed by atoms with Gasteiger partial charge in [-0.15, -0.1) is 0 Å². The second-order valence-electron chi connectivity index (χ2n) is 4.47. The van der Waals surface area contributed by atoms with Gasteiger partial charge in [0.25, 0.3) is 5.91 Å². The first kappa shape index (κ1) is 14.0. The Morgan fingerprint density at radius 2 is 2.11 bits per heavy atom. The summed E-state index contributed by atoms with van der Waals surface area (Å²) in [6, 6.07) is 9.86. The van der Waals surface area contributed by atoms with E-state index in [4.69, 9.17) is 15.2 Å². The van der Waals surface area contributed by atoms with Crippen LogP contribution < -0.4 is 5.73 Å². The molecule has 0 spiro atoms. The van der Waals surface area contributed by atoms with E-state index in [-0.39, 0.29) is 5.91 Å². The second-order valence-corrected chi connectivity index (χ2v) is 4.47. The molecule has 0 radical (unpaired) electrons. The molecule has 2 N–H and O–H groups in total. The summed E-state index contributed by atoms with van der Waals surface area (Å²) < 4.78 is 10.7. The van der Waals surface area contributed by atoms with Crippen LogP contribution in [0.15, 0.2) is 30.3 Å². The minimum atomic E-state index is -0.496. The maximum Gasteiger partial charge on any atom is 0.254 e. The van der Waals surface area contributed by atoms with E-state index in [2.05, 4.69) is 0 Å². The average Bonchev–Trinajstić information content (AvgIpc) is 2.48. The third-order valence-corrected chi connectivity index (χ3v) is 3.02. The molecule has 104 valence electrons. The molecule has 1 fully saturated rings. The third-order valence-electron chi connectivity index (χ3n) is 3.02. The number of carbonyl (C=O) groups is 1. The molecule has 2 rings (SSSR count). The van der Waals surface area contributed by atoms with Crippen LogP contribution in [0.1, 0.15) is 5.56 Å². The van der Waals surface area contributed by atoms with Crippen LogP contribution in [0.5, 0.6) is 0 Å². The highest BCUT2D eigenvalue weighted by Crippen LogP contribution is 2.09. The Hall–Kier alpha value is -1.43. The number of nitrogens with zero attached hydrogens (tertiary/aromatic N) is 1. The van der Waals surface area contributed by atoms with Gasteiger partial charge in [-0.25, -0.2) is 0 Å². The van der Waals surface area contributed by atoms with Crippen molar-refractivity contribution in [3.8, 4) is 0 Å². The van der Waals surface area contributed by atoms with Gasteiger partial charge in [0, 0.05) is 19.6 Å². The summed E-state index contributed by atoms with van der Waals surface area (Å²) in [4.78, 5) is 14.1. The van der Waals surface area contributed by atoms with E-state index in [1.54, 1.807) is 4.90 Å². The van der Waals surface area contributed by atoms with E-state index in [0.29, 0.717) is 39.5 Å². The lowest BCUT2D eigenvalue weighted by atomic mass is 10.2. The van der Waals surface area contributed by atoms with Gasteiger partial charge in [0.1, 0.15) is 0 Å². The lowest BCUT2D eigenvalue weighted by Gasteiger charge is -2.29. The first-order chi connectivity index (χ1) is 9.31.